The Morgan fingerprint density at radius 1 is 1.47 bits per heavy atom. The molecule has 0 bridgehead atoms. The molecule has 1 fully saturated rings. The third kappa shape index (κ3) is 6.38. The molecule has 1 aliphatic rings. The summed E-state index contributed by atoms with van der Waals surface area (Å²) in [4.78, 5) is 0. The molecule has 0 amide bonds. The summed E-state index contributed by atoms with van der Waals surface area (Å²) in [6.07, 6.45) is 4.30. The SMILES string of the molecule is CCCC(C)CS(=O)(=O)NCC1CCCNC1. The number of nitrogens with one attached hydrogen (secondary N) is 2. The van der Waals surface area contributed by atoms with Crippen molar-refractivity contribution in [2.75, 3.05) is 25.4 Å². The van der Waals surface area contributed by atoms with Gasteiger partial charge in [0.2, 0.25) is 10.0 Å². The van der Waals surface area contributed by atoms with Gasteiger partial charge in [-0.1, -0.05) is 20.3 Å². The summed E-state index contributed by atoms with van der Waals surface area (Å²) in [7, 11) is -3.08. The van der Waals surface area contributed by atoms with Crippen LogP contribution in [0.15, 0.2) is 0 Å². The van der Waals surface area contributed by atoms with Crippen molar-refractivity contribution in [2.24, 2.45) is 11.8 Å². The molecule has 0 saturated carbocycles. The van der Waals surface area contributed by atoms with Crippen LogP contribution >= 0.6 is 0 Å². The van der Waals surface area contributed by atoms with Gasteiger partial charge in [0, 0.05) is 6.54 Å². The second-order valence-corrected chi connectivity index (χ2v) is 7.09. The van der Waals surface area contributed by atoms with Crippen molar-refractivity contribution in [2.45, 2.75) is 39.5 Å². The Kier molecular flexibility index (Phi) is 6.44. The minimum absolute atomic E-state index is 0.252. The highest BCUT2D eigenvalue weighted by Crippen LogP contribution is 2.11. The minimum Gasteiger partial charge on any atom is -0.316 e. The zero-order chi connectivity index (χ0) is 12.7. The van der Waals surface area contributed by atoms with E-state index >= 15 is 0 Å². The fraction of sp³-hybridized carbons (Fsp3) is 1.00. The van der Waals surface area contributed by atoms with Gasteiger partial charge in [0.05, 0.1) is 5.75 Å². The van der Waals surface area contributed by atoms with E-state index in [9.17, 15) is 8.42 Å². The molecule has 2 atom stereocenters. The first-order chi connectivity index (χ1) is 8.03. The van der Waals surface area contributed by atoms with Gasteiger partial charge in [0.25, 0.3) is 0 Å². The van der Waals surface area contributed by atoms with E-state index in [1.165, 1.54) is 0 Å². The lowest BCUT2D eigenvalue weighted by Crippen LogP contribution is -2.39. The number of hydrogen-bond acceptors (Lipinski definition) is 3. The first kappa shape index (κ1) is 14.9. The second kappa shape index (κ2) is 7.34. The maximum absolute atomic E-state index is 11.8. The van der Waals surface area contributed by atoms with Crippen LogP contribution in [-0.2, 0) is 10.0 Å². The summed E-state index contributed by atoms with van der Waals surface area (Å²) in [6.45, 7) is 6.69. The monoisotopic (exact) mass is 262 g/mol. The van der Waals surface area contributed by atoms with E-state index in [0.717, 1.165) is 38.8 Å². The molecule has 1 rings (SSSR count). The Hall–Kier alpha value is -0.130. The van der Waals surface area contributed by atoms with E-state index in [2.05, 4.69) is 17.0 Å². The van der Waals surface area contributed by atoms with Gasteiger partial charge < -0.3 is 5.32 Å². The van der Waals surface area contributed by atoms with Crippen molar-refractivity contribution in [1.29, 1.82) is 0 Å². The van der Waals surface area contributed by atoms with Gasteiger partial charge >= 0.3 is 0 Å². The van der Waals surface area contributed by atoms with Crippen LogP contribution in [0, 0.1) is 11.8 Å². The molecule has 1 aliphatic heterocycles. The maximum atomic E-state index is 11.8. The molecule has 102 valence electrons. The molecule has 0 aliphatic carbocycles. The van der Waals surface area contributed by atoms with Crippen molar-refractivity contribution in [3.8, 4) is 0 Å². The smallest absolute Gasteiger partial charge is 0.211 e. The lowest BCUT2D eigenvalue weighted by Gasteiger charge is -2.23. The fourth-order valence-corrected chi connectivity index (χ4v) is 3.88. The quantitative estimate of drug-likeness (QED) is 0.728. The van der Waals surface area contributed by atoms with Crippen molar-refractivity contribution in [1.82, 2.24) is 10.0 Å². The molecular formula is C12H26N2O2S. The molecule has 0 aromatic rings. The highest BCUT2D eigenvalue weighted by molar-refractivity contribution is 7.89. The Bertz CT molecular complexity index is 298. The van der Waals surface area contributed by atoms with Crippen LogP contribution in [0.4, 0.5) is 0 Å². The Labute approximate surface area is 106 Å². The largest absolute Gasteiger partial charge is 0.316 e. The predicted molar refractivity (Wildman–Crippen MR) is 71.5 cm³/mol. The van der Waals surface area contributed by atoms with Crippen LogP contribution in [0.5, 0.6) is 0 Å². The summed E-state index contributed by atoms with van der Waals surface area (Å²) < 4.78 is 26.4. The molecule has 0 aromatic heterocycles. The third-order valence-corrected chi connectivity index (χ3v) is 4.89. The van der Waals surface area contributed by atoms with E-state index in [4.69, 9.17) is 0 Å². The number of sulfonamides is 1. The molecule has 1 heterocycles. The average Bonchev–Trinajstić information content (AvgIpc) is 2.27. The van der Waals surface area contributed by atoms with Gasteiger partial charge in [-0.25, -0.2) is 13.1 Å². The molecule has 1 saturated heterocycles. The van der Waals surface area contributed by atoms with E-state index < -0.39 is 10.0 Å². The normalized spacial score (nSPS) is 23.5. The summed E-state index contributed by atoms with van der Waals surface area (Å²) in [6, 6.07) is 0. The topological polar surface area (TPSA) is 58.2 Å². The summed E-state index contributed by atoms with van der Waals surface area (Å²) in [5, 5.41) is 3.30. The van der Waals surface area contributed by atoms with Gasteiger partial charge in [-0.15, -0.1) is 0 Å². The number of piperidine rings is 1. The summed E-state index contributed by atoms with van der Waals surface area (Å²) in [5.74, 6) is 0.975. The van der Waals surface area contributed by atoms with Crippen LogP contribution in [0.2, 0.25) is 0 Å². The molecular weight excluding hydrogens is 236 g/mol. The van der Waals surface area contributed by atoms with Gasteiger partial charge in [0.15, 0.2) is 0 Å². The van der Waals surface area contributed by atoms with Gasteiger partial charge in [0.1, 0.15) is 0 Å². The number of hydrogen-bond donors (Lipinski definition) is 2. The summed E-state index contributed by atoms with van der Waals surface area (Å²) >= 11 is 0. The van der Waals surface area contributed by atoms with Crippen molar-refractivity contribution < 1.29 is 8.42 Å². The van der Waals surface area contributed by atoms with Crippen molar-refractivity contribution >= 4 is 10.0 Å². The zero-order valence-corrected chi connectivity index (χ0v) is 11.9. The molecule has 0 aromatic carbocycles. The van der Waals surface area contributed by atoms with E-state index in [-0.39, 0.29) is 11.7 Å². The van der Waals surface area contributed by atoms with Crippen LogP contribution in [0.3, 0.4) is 0 Å². The maximum Gasteiger partial charge on any atom is 0.211 e. The molecule has 5 heteroatoms. The third-order valence-electron chi connectivity index (χ3n) is 3.28. The Balaban J connectivity index is 2.28. The van der Waals surface area contributed by atoms with Crippen LogP contribution in [-0.4, -0.2) is 33.8 Å². The zero-order valence-electron chi connectivity index (χ0n) is 11.0. The van der Waals surface area contributed by atoms with Crippen molar-refractivity contribution in [3.63, 3.8) is 0 Å². The first-order valence-electron chi connectivity index (χ1n) is 6.71. The second-order valence-electron chi connectivity index (χ2n) is 5.24. The van der Waals surface area contributed by atoms with Crippen LogP contribution < -0.4 is 10.0 Å². The predicted octanol–water partition coefficient (Wildman–Crippen LogP) is 1.34. The molecule has 17 heavy (non-hydrogen) atoms. The van der Waals surface area contributed by atoms with Gasteiger partial charge in [-0.2, -0.15) is 0 Å². The molecule has 2 unspecified atom stereocenters. The molecule has 0 spiro atoms. The minimum atomic E-state index is -3.08. The van der Waals surface area contributed by atoms with Gasteiger partial charge in [-0.3, -0.25) is 0 Å². The van der Waals surface area contributed by atoms with Crippen LogP contribution in [0.25, 0.3) is 0 Å². The standard InChI is InChI=1S/C12H26N2O2S/c1-3-5-11(2)10-17(15,16)14-9-12-6-4-7-13-8-12/h11-14H,3-10H2,1-2H3. The van der Waals surface area contributed by atoms with E-state index in [1.807, 2.05) is 6.92 Å². The lowest BCUT2D eigenvalue weighted by atomic mass is 10.0. The highest BCUT2D eigenvalue weighted by atomic mass is 32.2. The Morgan fingerprint density at radius 3 is 2.82 bits per heavy atom. The van der Waals surface area contributed by atoms with Gasteiger partial charge in [-0.05, 0) is 44.2 Å². The molecule has 4 nitrogen and oxygen atoms in total. The number of rotatable bonds is 7. The highest BCUT2D eigenvalue weighted by Gasteiger charge is 2.18. The van der Waals surface area contributed by atoms with Crippen LogP contribution in [0.1, 0.15) is 39.5 Å². The lowest BCUT2D eigenvalue weighted by molar-refractivity contribution is 0.375. The van der Waals surface area contributed by atoms with E-state index in [1.54, 1.807) is 0 Å². The summed E-state index contributed by atoms with van der Waals surface area (Å²) in [5.41, 5.74) is 0. The molecule has 2 N–H and O–H groups in total. The molecule has 0 radical (unpaired) electrons. The van der Waals surface area contributed by atoms with Crippen molar-refractivity contribution in [3.05, 3.63) is 0 Å². The first-order valence-corrected chi connectivity index (χ1v) is 8.36. The Morgan fingerprint density at radius 2 is 2.24 bits per heavy atom. The van der Waals surface area contributed by atoms with E-state index in [0.29, 0.717) is 12.5 Å². The fourth-order valence-electron chi connectivity index (χ4n) is 2.35. The average molecular weight is 262 g/mol.